The Morgan fingerprint density at radius 3 is 2.71 bits per heavy atom. The maximum atomic E-state index is 8.80. The summed E-state index contributed by atoms with van der Waals surface area (Å²) in [5.74, 6) is 1.20. The van der Waals surface area contributed by atoms with Crippen molar-refractivity contribution in [3.63, 3.8) is 0 Å². The zero-order valence-corrected chi connectivity index (χ0v) is 13.7. The zero-order valence-electron chi connectivity index (χ0n) is 13.7. The molecule has 1 aromatic heterocycles. The van der Waals surface area contributed by atoms with Crippen molar-refractivity contribution >= 4 is 6.21 Å². The molecule has 0 bridgehead atoms. The highest BCUT2D eigenvalue weighted by Gasteiger charge is 2.52. The predicted molar refractivity (Wildman–Crippen MR) is 90.4 cm³/mol. The molecular weight excluding hydrogens is 300 g/mol. The highest BCUT2D eigenvalue weighted by atomic mass is 16.5. The molecule has 1 aromatic rings. The molecule has 1 atom stereocenters. The topological polar surface area (TPSA) is 71.2 Å². The van der Waals surface area contributed by atoms with Crippen LogP contribution < -0.4 is 4.74 Å². The maximum Gasteiger partial charge on any atom is 0.234 e. The minimum Gasteiger partial charge on any atom is -0.463 e. The van der Waals surface area contributed by atoms with Gasteiger partial charge in [-0.05, 0) is 36.0 Å². The first kappa shape index (κ1) is 14.8. The first-order valence-corrected chi connectivity index (χ1v) is 8.23. The molecule has 4 rings (SSSR count). The Hall–Kier alpha value is -2.74. The number of aromatic nitrogens is 2. The van der Waals surface area contributed by atoms with Crippen molar-refractivity contribution in [3.8, 4) is 11.9 Å². The Labute approximate surface area is 141 Å². The van der Waals surface area contributed by atoms with Gasteiger partial charge in [0.15, 0.2) is 11.3 Å². The molecule has 0 amide bonds. The Kier molecular flexibility index (Phi) is 3.34. The molecule has 2 heterocycles. The van der Waals surface area contributed by atoms with E-state index in [2.05, 4.69) is 47.3 Å². The van der Waals surface area contributed by atoms with Crippen molar-refractivity contribution in [2.24, 2.45) is 16.8 Å². The van der Waals surface area contributed by atoms with Crippen LogP contribution in [0.25, 0.3) is 0 Å². The minimum atomic E-state index is -0.392. The second-order valence-electron chi connectivity index (χ2n) is 6.73. The number of nitriles is 1. The molecule has 0 saturated heterocycles. The summed E-state index contributed by atoms with van der Waals surface area (Å²) in [6, 6.07) is 5.28. The smallest absolute Gasteiger partial charge is 0.234 e. The van der Waals surface area contributed by atoms with Gasteiger partial charge in [-0.15, -0.1) is 10.2 Å². The largest absolute Gasteiger partial charge is 0.463 e. The Morgan fingerprint density at radius 1 is 1.25 bits per heavy atom. The molecule has 0 spiro atoms. The van der Waals surface area contributed by atoms with E-state index in [1.165, 1.54) is 11.1 Å². The van der Waals surface area contributed by atoms with Crippen LogP contribution in [-0.2, 0) is 0 Å². The number of aliphatic imine (C=N–C) groups is 1. The number of ether oxygens (including phenoxy) is 1. The van der Waals surface area contributed by atoms with Crippen LogP contribution in [-0.4, -0.2) is 22.0 Å². The van der Waals surface area contributed by atoms with Gasteiger partial charge < -0.3 is 4.74 Å². The van der Waals surface area contributed by atoms with Gasteiger partial charge in [0.05, 0.1) is 5.70 Å². The van der Waals surface area contributed by atoms with Crippen LogP contribution in [0.15, 0.2) is 52.2 Å². The number of hydrogen-bond donors (Lipinski definition) is 0. The highest BCUT2D eigenvalue weighted by Crippen LogP contribution is 2.50. The molecule has 120 valence electrons. The molecule has 1 unspecified atom stereocenters. The summed E-state index contributed by atoms with van der Waals surface area (Å²) in [4.78, 5) is 4.67. The second-order valence-corrected chi connectivity index (χ2v) is 6.73. The van der Waals surface area contributed by atoms with Gasteiger partial charge in [-0.2, -0.15) is 5.26 Å². The van der Waals surface area contributed by atoms with Gasteiger partial charge in [-0.1, -0.05) is 32.1 Å². The SMILES string of the molecule is CC(C)C1=CC2C=NC(C3(Oc4ccc(C#N)nn4)CC3)=C2C=C1. The number of rotatable bonds is 4. The van der Waals surface area contributed by atoms with Gasteiger partial charge >= 0.3 is 0 Å². The van der Waals surface area contributed by atoms with Crippen molar-refractivity contribution in [2.45, 2.75) is 32.3 Å². The molecule has 0 N–H and O–H groups in total. The number of hydrogen-bond acceptors (Lipinski definition) is 5. The van der Waals surface area contributed by atoms with Crippen LogP contribution in [0.3, 0.4) is 0 Å². The van der Waals surface area contributed by atoms with Crippen molar-refractivity contribution in [3.05, 3.63) is 52.9 Å². The van der Waals surface area contributed by atoms with Crippen molar-refractivity contribution in [2.75, 3.05) is 0 Å². The lowest BCUT2D eigenvalue weighted by Crippen LogP contribution is -2.22. The quantitative estimate of drug-likeness (QED) is 0.853. The number of fused-ring (bicyclic) bond motifs is 1. The van der Waals surface area contributed by atoms with Gasteiger partial charge in [0.1, 0.15) is 6.07 Å². The van der Waals surface area contributed by atoms with Crippen LogP contribution in [0.4, 0.5) is 0 Å². The van der Waals surface area contributed by atoms with Crippen molar-refractivity contribution in [1.82, 2.24) is 10.2 Å². The average Bonchev–Trinajstić information content (AvgIpc) is 3.24. The summed E-state index contributed by atoms with van der Waals surface area (Å²) in [5, 5.41) is 16.6. The van der Waals surface area contributed by atoms with Gasteiger partial charge in [0, 0.05) is 18.2 Å². The Bertz CT molecular complexity index is 833. The van der Waals surface area contributed by atoms with Crippen LogP contribution in [0.1, 0.15) is 32.4 Å². The maximum absolute atomic E-state index is 8.80. The summed E-state index contributed by atoms with van der Waals surface area (Å²) < 4.78 is 6.11. The van der Waals surface area contributed by atoms with Crippen molar-refractivity contribution in [1.29, 1.82) is 5.26 Å². The monoisotopic (exact) mass is 318 g/mol. The third-order valence-corrected chi connectivity index (χ3v) is 4.68. The number of nitrogens with zero attached hydrogens (tertiary/aromatic N) is 4. The lowest BCUT2D eigenvalue weighted by molar-refractivity contribution is 0.203. The van der Waals surface area contributed by atoms with Crippen molar-refractivity contribution < 1.29 is 4.74 Å². The fourth-order valence-electron chi connectivity index (χ4n) is 3.14. The van der Waals surface area contributed by atoms with E-state index in [1.807, 2.05) is 12.3 Å². The van der Waals surface area contributed by atoms with Gasteiger partial charge in [-0.3, -0.25) is 4.99 Å². The highest BCUT2D eigenvalue weighted by molar-refractivity contribution is 5.77. The van der Waals surface area contributed by atoms with Gasteiger partial charge in [0.25, 0.3) is 0 Å². The van der Waals surface area contributed by atoms with Crippen LogP contribution in [0.5, 0.6) is 5.88 Å². The summed E-state index contributed by atoms with van der Waals surface area (Å²) in [7, 11) is 0. The summed E-state index contributed by atoms with van der Waals surface area (Å²) in [6.07, 6.45) is 10.5. The molecule has 3 aliphatic rings. The Balaban J connectivity index is 1.60. The molecule has 2 aliphatic carbocycles. The van der Waals surface area contributed by atoms with Crippen LogP contribution in [0.2, 0.25) is 0 Å². The molecule has 24 heavy (non-hydrogen) atoms. The van der Waals surface area contributed by atoms with Crippen LogP contribution in [0, 0.1) is 23.2 Å². The minimum absolute atomic E-state index is 0.246. The molecule has 5 nitrogen and oxygen atoms in total. The standard InChI is InChI=1S/C19H18N4O/c1-12(2)13-3-5-16-14(9-13)11-21-18(16)19(7-8-19)24-17-6-4-15(10-20)22-23-17/h3-6,9,11-12,14H,7-8H2,1-2H3. The average molecular weight is 318 g/mol. The number of allylic oxidation sites excluding steroid dienone is 5. The molecule has 1 aliphatic heterocycles. The molecule has 1 fully saturated rings. The predicted octanol–water partition coefficient (Wildman–Crippen LogP) is 3.37. The normalized spacial score (nSPS) is 23.1. The molecule has 0 aromatic carbocycles. The van der Waals surface area contributed by atoms with Crippen LogP contribution >= 0.6 is 0 Å². The molecule has 0 radical (unpaired) electrons. The summed E-state index contributed by atoms with van der Waals surface area (Å²) in [6.45, 7) is 4.40. The molecule has 5 heteroatoms. The van der Waals surface area contributed by atoms with E-state index in [0.29, 0.717) is 11.8 Å². The first-order valence-electron chi connectivity index (χ1n) is 8.23. The van der Waals surface area contributed by atoms with E-state index in [4.69, 9.17) is 10.00 Å². The van der Waals surface area contributed by atoms with Gasteiger partial charge in [0.2, 0.25) is 5.88 Å². The third-order valence-electron chi connectivity index (χ3n) is 4.68. The molecule has 1 saturated carbocycles. The lowest BCUT2D eigenvalue weighted by atomic mass is 9.87. The third kappa shape index (κ3) is 2.44. The lowest BCUT2D eigenvalue weighted by Gasteiger charge is -2.21. The van der Waals surface area contributed by atoms with E-state index in [1.54, 1.807) is 12.1 Å². The van der Waals surface area contributed by atoms with E-state index in [-0.39, 0.29) is 11.6 Å². The fraction of sp³-hybridized carbons (Fsp3) is 0.368. The van der Waals surface area contributed by atoms with E-state index in [9.17, 15) is 0 Å². The summed E-state index contributed by atoms with van der Waals surface area (Å²) >= 11 is 0. The van der Waals surface area contributed by atoms with E-state index < -0.39 is 5.60 Å². The fourth-order valence-corrected chi connectivity index (χ4v) is 3.14. The van der Waals surface area contributed by atoms with Gasteiger partial charge in [-0.25, -0.2) is 0 Å². The van der Waals surface area contributed by atoms with E-state index >= 15 is 0 Å². The zero-order chi connectivity index (χ0) is 16.7. The van der Waals surface area contributed by atoms with E-state index in [0.717, 1.165) is 18.5 Å². The Morgan fingerprint density at radius 2 is 2.08 bits per heavy atom. The molecular formula is C19H18N4O. The second kappa shape index (κ2) is 5.41. The summed E-state index contributed by atoms with van der Waals surface area (Å²) in [5.41, 5.74) is 3.47. The first-order chi connectivity index (χ1) is 11.6.